The van der Waals surface area contributed by atoms with Gasteiger partial charge in [0.25, 0.3) is 5.91 Å². The van der Waals surface area contributed by atoms with Gasteiger partial charge in [0.1, 0.15) is 6.61 Å². The van der Waals surface area contributed by atoms with Crippen LogP contribution in [0, 0.1) is 11.8 Å². The lowest BCUT2D eigenvalue weighted by Crippen LogP contribution is -2.40. The molecule has 0 saturated carbocycles. The molecular weight excluding hydrogens is 262 g/mol. The molecule has 0 aliphatic carbocycles. The second-order valence-electron chi connectivity index (χ2n) is 4.44. The van der Waals surface area contributed by atoms with Gasteiger partial charge in [-0.25, -0.2) is 0 Å². The van der Waals surface area contributed by atoms with Crippen LogP contribution >= 0.6 is 11.3 Å². The minimum absolute atomic E-state index is 0.0177. The van der Waals surface area contributed by atoms with Gasteiger partial charge in [-0.15, -0.1) is 11.3 Å². The molecule has 2 N–H and O–H groups in total. The Morgan fingerprint density at radius 1 is 1.68 bits per heavy atom. The van der Waals surface area contributed by atoms with Crippen LogP contribution in [0.2, 0.25) is 0 Å². The van der Waals surface area contributed by atoms with Crippen LogP contribution in [0.25, 0.3) is 0 Å². The molecule has 2 atom stereocenters. The number of carbonyl (C=O) groups excluding carboxylic acids is 1. The summed E-state index contributed by atoms with van der Waals surface area (Å²) in [5, 5.41) is 11.6. The van der Waals surface area contributed by atoms with E-state index in [9.17, 15) is 4.79 Å². The summed E-state index contributed by atoms with van der Waals surface area (Å²) in [5.74, 6) is 5.27. The molecule has 19 heavy (non-hydrogen) atoms. The van der Waals surface area contributed by atoms with Gasteiger partial charge in [0.15, 0.2) is 0 Å². The summed E-state index contributed by atoms with van der Waals surface area (Å²) in [6.07, 6.45) is 2.18. The fraction of sp³-hybridized carbons (Fsp3) is 0.500. The van der Waals surface area contributed by atoms with Crippen molar-refractivity contribution in [3.63, 3.8) is 0 Å². The van der Waals surface area contributed by atoms with E-state index in [1.165, 1.54) is 11.3 Å². The molecule has 1 aromatic rings. The number of hydrogen-bond acceptors (Lipinski definition) is 4. The fourth-order valence-corrected chi connectivity index (χ4v) is 2.81. The average molecular weight is 279 g/mol. The Kier molecular flexibility index (Phi) is 4.97. The van der Waals surface area contributed by atoms with E-state index in [4.69, 9.17) is 9.84 Å². The van der Waals surface area contributed by atoms with Crippen LogP contribution < -0.4 is 5.32 Å². The molecule has 102 valence electrons. The van der Waals surface area contributed by atoms with Gasteiger partial charge in [-0.05, 0) is 31.9 Å². The zero-order valence-corrected chi connectivity index (χ0v) is 11.6. The zero-order chi connectivity index (χ0) is 13.7. The predicted octanol–water partition coefficient (Wildman–Crippen LogP) is 1.39. The number of amides is 1. The van der Waals surface area contributed by atoms with Crippen LogP contribution in [-0.4, -0.2) is 36.4 Å². The molecule has 4 nitrogen and oxygen atoms in total. The third-order valence-corrected chi connectivity index (χ3v) is 4.00. The molecule has 0 spiro atoms. The Hall–Kier alpha value is -1.35. The summed E-state index contributed by atoms with van der Waals surface area (Å²) in [6, 6.07) is 3.56. The topological polar surface area (TPSA) is 58.6 Å². The minimum Gasteiger partial charge on any atom is -0.384 e. The van der Waals surface area contributed by atoms with Gasteiger partial charge in [-0.2, -0.15) is 0 Å². The second-order valence-corrected chi connectivity index (χ2v) is 5.52. The zero-order valence-electron chi connectivity index (χ0n) is 10.8. The summed E-state index contributed by atoms with van der Waals surface area (Å²) in [6.45, 7) is 2.58. The first-order valence-corrected chi connectivity index (χ1v) is 7.14. The standard InChI is InChI=1S/C14H17NO3S/c1-10(12-5-3-9-18-12)15-14(17)13-7-6-11(19-13)4-2-8-16/h6-7,10,12,16H,3,5,8-9H2,1H3,(H,15,17). The molecule has 2 heterocycles. The van der Waals surface area contributed by atoms with Gasteiger partial charge in [0, 0.05) is 6.61 Å². The number of rotatable bonds is 3. The SMILES string of the molecule is CC(NC(=O)c1ccc(C#CCO)s1)C1CCCO1. The van der Waals surface area contributed by atoms with Crippen molar-refractivity contribution in [2.75, 3.05) is 13.2 Å². The number of carbonyl (C=O) groups is 1. The molecule has 0 aromatic carbocycles. The quantitative estimate of drug-likeness (QED) is 0.822. The van der Waals surface area contributed by atoms with Crippen molar-refractivity contribution in [3.8, 4) is 11.8 Å². The summed E-state index contributed by atoms with van der Waals surface area (Å²) in [5.41, 5.74) is 0. The average Bonchev–Trinajstić information content (AvgIpc) is 3.07. The molecule has 5 heteroatoms. The molecule has 1 aliphatic heterocycles. The Labute approximate surface area is 116 Å². The lowest BCUT2D eigenvalue weighted by Gasteiger charge is -2.19. The van der Waals surface area contributed by atoms with Gasteiger partial charge in [0.2, 0.25) is 0 Å². The van der Waals surface area contributed by atoms with E-state index >= 15 is 0 Å². The molecule has 2 unspecified atom stereocenters. The lowest BCUT2D eigenvalue weighted by atomic mass is 10.1. The summed E-state index contributed by atoms with van der Waals surface area (Å²) < 4.78 is 5.55. The molecule has 1 aromatic heterocycles. The first-order valence-electron chi connectivity index (χ1n) is 6.32. The molecular formula is C14H17NO3S. The number of nitrogens with one attached hydrogen (secondary N) is 1. The van der Waals surface area contributed by atoms with Crippen LogP contribution in [0.3, 0.4) is 0 Å². The number of aliphatic hydroxyl groups is 1. The summed E-state index contributed by atoms with van der Waals surface area (Å²) in [4.78, 5) is 13.5. The number of hydrogen-bond donors (Lipinski definition) is 2. The Morgan fingerprint density at radius 2 is 2.53 bits per heavy atom. The highest BCUT2D eigenvalue weighted by atomic mass is 32.1. The Bertz CT molecular complexity index is 494. The van der Waals surface area contributed by atoms with Crippen LogP contribution in [0.1, 0.15) is 34.3 Å². The van der Waals surface area contributed by atoms with E-state index in [0.29, 0.717) is 4.88 Å². The molecule has 1 aliphatic rings. The lowest BCUT2D eigenvalue weighted by molar-refractivity contribution is 0.0714. The number of ether oxygens (including phenoxy) is 1. The molecule has 1 amide bonds. The third-order valence-electron chi connectivity index (χ3n) is 3.00. The number of thiophene rings is 1. The maximum atomic E-state index is 12.0. The van der Waals surface area contributed by atoms with Crippen molar-refractivity contribution >= 4 is 17.2 Å². The van der Waals surface area contributed by atoms with E-state index < -0.39 is 0 Å². The van der Waals surface area contributed by atoms with Crippen molar-refractivity contribution in [1.29, 1.82) is 0 Å². The van der Waals surface area contributed by atoms with Gasteiger partial charge < -0.3 is 15.2 Å². The summed E-state index contributed by atoms with van der Waals surface area (Å²) >= 11 is 1.33. The third kappa shape index (κ3) is 3.80. The highest BCUT2D eigenvalue weighted by Crippen LogP contribution is 2.18. The van der Waals surface area contributed by atoms with Crippen LogP contribution in [-0.2, 0) is 4.74 Å². The van der Waals surface area contributed by atoms with Crippen LogP contribution in [0.5, 0.6) is 0 Å². The molecule has 1 saturated heterocycles. The van der Waals surface area contributed by atoms with Crippen molar-refractivity contribution in [2.45, 2.75) is 31.9 Å². The van der Waals surface area contributed by atoms with E-state index in [0.717, 1.165) is 24.3 Å². The fourth-order valence-electron chi connectivity index (χ4n) is 2.02. The van der Waals surface area contributed by atoms with Crippen molar-refractivity contribution in [3.05, 3.63) is 21.9 Å². The smallest absolute Gasteiger partial charge is 0.261 e. The van der Waals surface area contributed by atoms with E-state index in [2.05, 4.69) is 17.2 Å². The normalized spacial score (nSPS) is 19.6. The van der Waals surface area contributed by atoms with Crippen molar-refractivity contribution in [2.24, 2.45) is 0 Å². The van der Waals surface area contributed by atoms with Crippen LogP contribution in [0.15, 0.2) is 12.1 Å². The largest absolute Gasteiger partial charge is 0.384 e. The maximum absolute atomic E-state index is 12.0. The van der Waals surface area contributed by atoms with Crippen molar-refractivity contribution in [1.82, 2.24) is 5.32 Å². The molecule has 0 radical (unpaired) electrons. The highest BCUT2D eigenvalue weighted by Gasteiger charge is 2.24. The first kappa shape index (κ1) is 14.1. The van der Waals surface area contributed by atoms with Crippen molar-refractivity contribution < 1.29 is 14.6 Å². The number of aliphatic hydroxyl groups excluding tert-OH is 1. The van der Waals surface area contributed by atoms with Gasteiger partial charge in [-0.1, -0.05) is 11.8 Å². The van der Waals surface area contributed by atoms with Gasteiger partial charge in [0.05, 0.1) is 21.9 Å². The minimum atomic E-state index is -0.171. The van der Waals surface area contributed by atoms with E-state index in [1.807, 2.05) is 6.92 Å². The van der Waals surface area contributed by atoms with Gasteiger partial charge in [-0.3, -0.25) is 4.79 Å². The maximum Gasteiger partial charge on any atom is 0.261 e. The molecule has 2 rings (SSSR count). The Balaban J connectivity index is 1.93. The molecule has 0 bridgehead atoms. The van der Waals surface area contributed by atoms with E-state index in [-0.39, 0.29) is 24.7 Å². The van der Waals surface area contributed by atoms with Gasteiger partial charge >= 0.3 is 0 Å². The van der Waals surface area contributed by atoms with E-state index in [1.54, 1.807) is 12.1 Å². The predicted molar refractivity (Wildman–Crippen MR) is 74.2 cm³/mol. The van der Waals surface area contributed by atoms with Crippen LogP contribution in [0.4, 0.5) is 0 Å². The molecule has 1 fully saturated rings. The second kappa shape index (κ2) is 6.71. The Morgan fingerprint density at radius 3 is 3.21 bits per heavy atom. The monoisotopic (exact) mass is 279 g/mol. The first-order chi connectivity index (χ1) is 9.20. The summed E-state index contributed by atoms with van der Waals surface area (Å²) in [7, 11) is 0. The highest BCUT2D eigenvalue weighted by molar-refractivity contribution is 7.14.